The zero-order valence-electron chi connectivity index (χ0n) is 28.5. The number of carbonyl (C=O) groups is 4. The molecule has 4 fully saturated rings. The fourth-order valence-corrected chi connectivity index (χ4v) is 7.90. The topological polar surface area (TPSA) is 177 Å². The van der Waals surface area contributed by atoms with Gasteiger partial charge in [0.05, 0.1) is 31.5 Å². The highest BCUT2D eigenvalue weighted by molar-refractivity contribution is 6.36. The second-order valence-corrected chi connectivity index (χ2v) is 15.4. The number of pyridine rings is 1. The first kappa shape index (κ1) is 35.0. The van der Waals surface area contributed by atoms with Crippen molar-refractivity contribution in [1.82, 2.24) is 20.5 Å². The van der Waals surface area contributed by atoms with E-state index in [-0.39, 0.29) is 35.7 Å². The number of aromatic nitrogens is 1. The average Bonchev–Trinajstić information content (AvgIpc) is 3.86. The van der Waals surface area contributed by atoms with Crippen molar-refractivity contribution in [2.24, 2.45) is 23.2 Å². The molecule has 0 unspecified atom stereocenters. The first-order chi connectivity index (χ1) is 23.2. The van der Waals surface area contributed by atoms with Gasteiger partial charge in [0, 0.05) is 17.9 Å². The molecule has 8 atom stereocenters. The predicted molar refractivity (Wildman–Crippen MR) is 178 cm³/mol. The van der Waals surface area contributed by atoms with Crippen LogP contribution in [0.1, 0.15) is 71.9 Å². The van der Waals surface area contributed by atoms with E-state index in [1.54, 1.807) is 18.2 Å². The summed E-state index contributed by atoms with van der Waals surface area (Å²) in [6.45, 7) is 6.87. The Kier molecular flexibility index (Phi) is 9.38. The van der Waals surface area contributed by atoms with Crippen LogP contribution >= 0.6 is 11.6 Å². The van der Waals surface area contributed by atoms with E-state index in [0.29, 0.717) is 47.1 Å². The van der Waals surface area contributed by atoms with E-state index in [1.807, 2.05) is 27.7 Å². The third-order valence-corrected chi connectivity index (χ3v) is 11.0. The van der Waals surface area contributed by atoms with Crippen molar-refractivity contribution in [3.63, 3.8) is 0 Å². The summed E-state index contributed by atoms with van der Waals surface area (Å²) in [5, 5.41) is 26.3. The Morgan fingerprint density at radius 1 is 1.10 bits per heavy atom. The third kappa shape index (κ3) is 6.84. The van der Waals surface area contributed by atoms with Gasteiger partial charge in [-0.15, -0.1) is 0 Å². The van der Waals surface area contributed by atoms with Crippen molar-refractivity contribution < 1.29 is 43.6 Å². The monoisotopic (exact) mass is 700 g/mol. The number of fused-ring (bicyclic) bond motifs is 2. The van der Waals surface area contributed by atoms with Crippen molar-refractivity contribution >= 4 is 46.4 Å². The molecule has 6 rings (SSSR count). The van der Waals surface area contributed by atoms with Gasteiger partial charge in [0.2, 0.25) is 11.8 Å². The number of amides is 3. The average molecular weight is 701 g/mol. The number of carboxylic acids is 1. The van der Waals surface area contributed by atoms with Crippen LogP contribution in [0.3, 0.4) is 0 Å². The zero-order chi connectivity index (χ0) is 35.4. The van der Waals surface area contributed by atoms with Gasteiger partial charge in [-0.1, -0.05) is 45.7 Å². The summed E-state index contributed by atoms with van der Waals surface area (Å²) in [4.78, 5) is 59.6. The van der Waals surface area contributed by atoms with Crippen molar-refractivity contribution in [2.45, 2.75) is 103 Å². The van der Waals surface area contributed by atoms with Crippen LogP contribution in [0.25, 0.3) is 10.9 Å². The molecule has 3 amide bonds. The fraction of sp³-hybridized carbons (Fsp3) is 0.629. The van der Waals surface area contributed by atoms with Crippen LogP contribution < -0.4 is 20.1 Å². The summed E-state index contributed by atoms with van der Waals surface area (Å²) >= 11 is 6.56. The molecule has 49 heavy (non-hydrogen) atoms. The lowest BCUT2D eigenvalue weighted by atomic mass is 9.85. The Morgan fingerprint density at radius 3 is 2.41 bits per heavy atom. The number of halogens is 1. The Hall–Kier alpha value is -3.84. The van der Waals surface area contributed by atoms with Gasteiger partial charge in [-0.25, -0.2) is 14.6 Å². The molecule has 0 bridgehead atoms. The minimum absolute atomic E-state index is 0.0361. The molecule has 0 spiro atoms. The molecule has 13 nitrogen and oxygen atoms in total. The van der Waals surface area contributed by atoms with Crippen molar-refractivity contribution in [3.8, 4) is 11.5 Å². The standard InChI is InChI=1S/C35H45ClN4O9/c1-6-19-14-35(19,32(44)45)39-30(42)24-13-22(48-26-12-20(16-41)37-28-23(26)7-8-25(47-5)27(28)36)15-40(24)31(43)29(34(2,3)4)38-33(46)49-21-10-17-9-18(17)11-21/h7-8,12,17-19,21-22,24,29,41H,6,9-11,13-16H2,1-5H3,(H,38,46)(H,39,42)(H,44,45)/t17-,18+,19-,21+,22-,24+,29-,35-/m1/s1. The third-order valence-electron chi connectivity index (χ3n) is 10.6. The van der Waals surface area contributed by atoms with Gasteiger partial charge in [0.15, 0.2) is 0 Å². The van der Waals surface area contributed by atoms with E-state index < -0.39 is 59.6 Å². The number of alkyl carbamates (subject to hydrolysis) is 1. The predicted octanol–water partition coefficient (Wildman–Crippen LogP) is 4.05. The van der Waals surface area contributed by atoms with Crippen LogP contribution in [0.2, 0.25) is 5.02 Å². The maximum Gasteiger partial charge on any atom is 0.408 e. The van der Waals surface area contributed by atoms with Crippen LogP contribution in [-0.4, -0.2) is 87.5 Å². The molecule has 4 aliphatic rings. The lowest BCUT2D eigenvalue weighted by Gasteiger charge is -2.35. The molecule has 1 aromatic carbocycles. The van der Waals surface area contributed by atoms with Crippen LogP contribution in [0, 0.1) is 23.2 Å². The largest absolute Gasteiger partial charge is 0.495 e. The number of carboxylic acid groups (broad SMARTS) is 1. The summed E-state index contributed by atoms with van der Waals surface area (Å²) in [6.07, 6.45) is 2.13. The summed E-state index contributed by atoms with van der Waals surface area (Å²) in [5.74, 6) is -0.540. The Labute approximate surface area is 290 Å². The van der Waals surface area contributed by atoms with Gasteiger partial charge in [-0.05, 0) is 61.0 Å². The van der Waals surface area contributed by atoms with E-state index in [0.717, 1.165) is 12.8 Å². The van der Waals surface area contributed by atoms with Gasteiger partial charge >= 0.3 is 12.1 Å². The highest BCUT2D eigenvalue weighted by atomic mass is 35.5. The quantitative estimate of drug-likeness (QED) is 0.268. The second kappa shape index (κ2) is 13.1. The summed E-state index contributed by atoms with van der Waals surface area (Å²) in [6, 6.07) is 2.81. The smallest absolute Gasteiger partial charge is 0.408 e. The number of methoxy groups -OCH3 is 1. The Bertz CT molecular complexity index is 1650. The molecular formula is C35H45ClN4O9. The van der Waals surface area contributed by atoms with Gasteiger partial charge in [-0.2, -0.15) is 0 Å². The summed E-state index contributed by atoms with van der Waals surface area (Å²) in [7, 11) is 1.48. The van der Waals surface area contributed by atoms with Gasteiger partial charge in [0.25, 0.3) is 0 Å². The lowest BCUT2D eigenvalue weighted by Crippen LogP contribution is -2.59. The summed E-state index contributed by atoms with van der Waals surface area (Å²) in [5.41, 5.74) is -1.54. The molecule has 3 saturated carbocycles. The number of aliphatic hydroxyl groups is 1. The number of likely N-dealkylation sites (tertiary alicyclic amines) is 1. The zero-order valence-corrected chi connectivity index (χ0v) is 29.2. The van der Waals surface area contributed by atoms with Gasteiger partial charge in [0.1, 0.15) is 46.4 Å². The van der Waals surface area contributed by atoms with Crippen LogP contribution in [0.15, 0.2) is 18.2 Å². The number of nitrogens with one attached hydrogen (secondary N) is 2. The molecule has 4 N–H and O–H groups in total. The van der Waals surface area contributed by atoms with E-state index in [1.165, 1.54) is 18.4 Å². The minimum atomic E-state index is -1.40. The van der Waals surface area contributed by atoms with Crippen LogP contribution in [-0.2, 0) is 25.7 Å². The SMILES string of the molecule is CC[C@@H]1C[C@]1(NC(=O)[C@@H]1C[C@@H](Oc2cc(CO)nc3c(Cl)c(OC)ccc23)CN1C(=O)[C@@H](NC(=O)O[C@@H]1C[C@@H]2C[C@@H]2C1)C(C)(C)C)C(=O)O. The Morgan fingerprint density at radius 2 is 1.82 bits per heavy atom. The maximum atomic E-state index is 14.4. The van der Waals surface area contributed by atoms with Crippen molar-refractivity contribution in [3.05, 3.63) is 28.9 Å². The lowest BCUT2D eigenvalue weighted by molar-refractivity contribution is -0.146. The van der Waals surface area contributed by atoms with Crippen LogP contribution in [0.4, 0.5) is 4.79 Å². The van der Waals surface area contributed by atoms with Gasteiger partial charge in [-0.3, -0.25) is 9.59 Å². The summed E-state index contributed by atoms with van der Waals surface area (Å²) < 4.78 is 17.5. The molecule has 1 saturated heterocycles. The number of benzene rings is 1. The second-order valence-electron chi connectivity index (χ2n) is 15.0. The molecule has 2 heterocycles. The number of carbonyl (C=O) groups excluding carboxylic acids is 3. The first-order valence-corrected chi connectivity index (χ1v) is 17.3. The van der Waals surface area contributed by atoms with Gasteiger partial charge < -0.3 is 40.0 Å². The molecule has 1 aliphatic heterocycles. The van der Waals surface area contributed by atoms with E-state index >= 15 is 0 Å². The number of hydrogen-bond acceptors (Lipinski definition) is 9. The van der Waals surface area contributed by atoms with E-state index in [2.05, 4.69) is 15.6 Å². The fourth-order valence-electron chi connectivity index (χ4n) is 7.62. The van der Waals surface area contributed by atoms with Crippen LogP contribution in [0.5, 0.6) is 11.5 Å². The number of nitrogens with zero attached hydrogens (tertiary/aromatic N) is 2. The molecule has 266 valence electrons. The number of aliphatic hydroxyl groups excluding tert-OH is 1. The molecule has 14 heteroatoms. The highest BCUT2D eigenvalue weighted by Gasteiger charge is 2.61. The van der Waals surface area contributed by atoms with E-state index in [9.17, 15) is 29.4 Å². The number of hydrogen-bond donors (Lipinski definition) is 4. The Balaban J connectivity index is 1.28. The highest BCUT2D eigenvalue weighted by Crippen LogP contribution is 2.52. The van der Waals surface area contributed by atoms with Crippen molar-refractivity contribution in [2.75, 3.05) is 13.7 Å². The molecule has 1 aromatic heterocycles. The molecule has 2 aromatic rings. The molecule has 3 aliphatic carbocycles. The number of aliphatic carboxylic acids is 1. The minimum Gasteiger partial charge on any atom is -0.495 e. The molecular weight excluding hydrogens is 656 g/mol. The van der Waals surface area contributed by atoms with E-state index in [4.69, 9.17) is 25.8 Å². The molecule has 0 radical (unpaired) electrons. The first-order valence-electron chi connectivity index (χ1n) is 17.0. The maximum absolute atomic E-state index is 14.4. The number of ether oxygens (including phenoxy) is 3. The number of rotatable bonds is 11. The normalized spacial score (nSPS) is 29.2. The van der Waals surface area contributed by atoms with Crippen molar-refractivity contribution in [1.29, 1.82) is 0 Å².